The lowest BCUT2D eigenvalue weighted by molar-refractivity contribution is -0.137. The first-order valence-corrected chi connectivity index (χ1v) is 11.8. The van der Waals surface area contributed by atoms with Crippen molar-refractivity contribution in [3.8, 4) is 11.8 Å². The van der Waals surface area contributed by atoms with Crippen molar-refractivity contribution in [1.82, 2.24) is 10.2 Å². The lowest BCUT2D eigenvalue weighted by Crippen LogP contribution is -2.35. The highest BCUT2D eigenvalue weighted by atomic mass is 16.2. The zero-order chi connectivity index (χ0) is 24.6. The van der Waals surface area contributed by atoms with Crippen LogP contribution >= 0.6 is 0 Å². The summed E-state index contributed by atoms with van der Waals surface area (Å²) >= 11 is 0. The number of imide groups is 1. The molecule has 0 atom stereocenters. The van der Waals surface area contributed by atoms with Gasteiger partial charge in [0.05, 0.1) is 12.2 Å². The third-order valence-corrected chi connectivity index (χ3v) is 6.02. The smallest absolute Gasteiger partial charge is 0.253 e. The van der Waals surface area contributed by atoms with Crippen molar-refractivity contribution in [3.05, 3.63) is 77.4 Å². The van der Waals surface area contributed by atoms with Gasteiger partial charge in [0, 0.05) is 49.2 Å². The zero-order valence-electron chi connectivity index (χ0n) is 19.5. The van der Waals surface area contributed by atoms with E-state index in [-0.39, 0.29) is 36.6 Å². The Labute approximate surface area is 204 Å². The molecular weight excluding hydrogens is 442 g/mol. The van der Waals surface area contributed by atoms with Gasteiger partial charge in [-0.2, -0.15) is 0 Å². The first kappa shape index (κ1) is 24.0. The van der Waals surface area contributed by atoms with Crippen LogP contribution in [0.1, 0.15) is 48.8 Å². The first-order chi connectivity index (χ1) is 17.0. The lowest BCUT2D eigenvalue weighted by atomic mass is 10.0. The molecule has 0 spiro atoms. The fourth-order valence-corrected chi connectivity index (χ4v) is 4.12. The first-order valence-electron chi connectivity index (χ1n) is 11.8. The predicted octanol–water partition coefficient (Wildman–Crippen LogP) is 2.92. The molecule has 0 aromatic heterocycles. The molecule has 0 aliphatic carbocycles. The van der Waals surface area contributed by atoms with Crippen molar-refractivity contribution in [2.45, 2.75) is 38.6 Å². The van der Waals surface area contributed by atoms with Gasteiger partial charge in [-0.05, 0) is 36.6 Å². The second-order valence-corrected chi connectivity index (χ2v) is 8.48. The van der Waals surface area contributed by atoms with Crippen LogP contribution in [0.5, 0.6) is 0 Å². The van der Waals surface area contributed by atoms with E-state index < -0.39 is 0 Å². The number of carbonyl (C=O) groups excluding carboxylic acids is 4. The molecule has 2 aromatic rings. The molecule has 0 bridgehead atoms. The number of rotatable bonds is 9. The summed E-state index contributed by atoms with van der Waals surface area (Å²) in [4.78, 5) is 51.4. The Morgan fingerprint density at radius 3 is 2.31 bits per heavy atom. The molecule has 1 N–H and O–H groups in total. The molecule has 7 heteroatoms. The van der Waals surface area contributed by atoms with Gasteiger partial charge in [0.15, 0.2) is 0 Å². The SMILES string of the molecule is O=C(CCCCCN1C(=O)C=CC1=O)NCCC(=O)N1Cc2ccccc2C#Cc2ccccc21. The van der Waals surface area contributed by atoms with E-state index >= 15 is 0 Å². The van der Waals surface area contributed by atoms with Crippen LogP contribution in [0.15, 0.2) is 60.7 Å². The highest BCUT2D eigenvalue weighted by Crippen LogP contribution is 2.25. The molecule has 0 saturated carbocycles. The number of carbonyl (C=O) groups is 4. The van der Waals surface area contributed by atoms with Crippen LogP contribution < -0.4 is 10.2 Å². The maximum Gasteiger partial charge on any atom is 0.253 e. The summed E-state index contributed by atoms with van der Waals surface area (Å²) < 4.78 is 0. The van der Waals surface area contributed by atoms with Gasteiger partial charge in [-0.25, -0.2) is 0 Å². The molecule has 4 rings (SSSR count). The minimum atomic E-state index is -0.282. The van der Waals surface area contributed by atoms with Crippen molar-refractivity contribution in [2.75, 3.05) is 18.0 Å². The Kier molecular flexibility index (Phi) is 7.74. The number of nitrogens with one attached hydrogen (secondary N) is 1. The maximum absolute atomic E-state index is 13.2. The Bertz CT molecular complexity index is 1220. The van der Waals surface area contributed by atoms with Gasteiger partial charge < -0.3 is 10.2 Å². The van der Waals surface area contributed by atoms with Gasteiger partial charge in [-0.3, -0.25) is 24.1 Å². The number of fused-ring (bicyclic) bond motifs is 2. The van der Waals surface area contributed by atoms with Crippen molar-refractivity contribution in [2.24, 2.45) is 0 Å². The van der Waals surface area contributed by atoms with Gasteiger partial charge in [-0.15, -0.1) is 0 Å². The van der Waals surface area contributed by atoms with Crippen molar-refractivity contribution in [1.29, 1.82) is 0 Å². The van der Waals surface area contributed by atoms with Gasteiger partial charge in [0.2, 0.25) is 11.8 Å². The Morgan fingerprint density at radius 1 is 0.829 bits per heavy atom. The number of hydrogen-bond donors (Lipinski definition) is 1. The van der Waals surface area contributed by atoms with E-state index in [1.807, 2.05) is 48.5 Å². The molecule has 35 heavy (non-hydrogen) atoms. The minimum Gasteiger partial charge on any atom is -0.356 e. The standard InChI is InChI=1S/C28H27N3O4/c32-25(12-2-1-7-19-30-26(33)15-16-27(30)34)29-18-17-28(35)31-20-23-10-4-3-8-21(23)13-14-22-9-5-6-11-24(22)31/h3-6,8-11,15-16H,1-2,7,12,17-20H2,(H,29,32). The Hall–Kier alpha value is -4.18. The summed E-state index contributed by atoms with van der Waals surface area (Å²) in [6, 6.07) is 15.4. The second-order valence-electron chi connectivity index (χ2n) is 8.48. The maximum atomic E-state index is 13.2. The van der Waals surface area contributed by atoms with E-state index in [1.165, 1.54) is 17.1 Å². The number of hydrogen-bond acceptors (Lipinski definition) is 4. The van der Waals surface area contributed by atoms with Crippen molar-refractivity contribution >= 4 is 29.3 Å². The van der Waals surface area contributed by atoms with Crippen LogP contribution in [0.2, 0.25) is 0 Å². The van der Waals surface area contributed by atoms with Crippen molar-refractivity contribution in [3.63, 3.8) is 0 Å². The van der Waals surface area contributed by atoms with Crippen LogP contribution in [0.3, 0.4) is 0 Å². The zero-order valence-corrected chi connectivity index (χ0v) is 19.5. The third-order valence-electron chi connectivity index (χ3n) is 6.02. The van der Waals surface area contributed by atoms with E-state index in [0.717, 1.165) is 28.8 Å². The largest absolute Gasteiger partial charge is 0.356 e. The van der Waals surface area contributed by atoms with Crippen LogP contribution in [0, 0.1) is 11.8 Å². The van der Waals surface area contributed by atoms with Crippen LogP contribution in [0.25, 0.3) is 0 Å². The highest BCUT2D eigenvalue weighted by Gasteiger charge is 2.23. The highest BCUT2D eigenvalue weighted by molar-refractivity contribution is 6.12. The van der Waals surface area contributed by atoms with Gasteiger partial charge in [0.1, 0.15) is 0 Å². The van der Waals surface area contributed by atoms with Crippen LogP contribution in [-0.4, -0.2) is 41.6 Å². The Morgan fingerprint density at radius 2 is 1.51 bits per heavy atom. The topological polar surface area (TPSA) is 86.8 Å². The Balaban J connectivity index is 1.24. The van der Waals surface area contributed by atoms with E-state index in [2.05, 4.69) is 17.2 Å². The molecule has 2 heterocycles. The summed E-state index contributed by atoms with van der Waals surface area (Å²) in [5.41, 5.74) is 3.46. The third kappa shape index (κ3) is 6.04. The number of anilines is 1. The average molecular weight is 470 g/mol. The summed E-state index contributed by atoms with van der Waals surface area (Å²) in [5, 5.41) is 2.83. The van der Waals surface area contributed by atoms with E-state index in [4.69, 9.17) is 0 Å². The predicted molar refractivity (Wildman–Crippen MR) is 132 cm³/mol. The lowest BCUT2D eigenvalue weighted by Gasteiger charge is -2.26. The fourth-order valence-electron chi connectivity index (χ4n) is 4.12. The fraction of sp³-hybridized carbons (Fsp3) is 0.286. The summed E-state index contributed by atoms with van der Waals surface area (Å²) in [5.74, 6) is 5.63. The molecule has 2 aliphatic rings. The number of para-hydroxylation sites is 1. The van der Waals surface area contributed by atoms with Gasteiger partial charge in [0.25, 0.3) is 11.8 Å². The quantitative estimate of drug-likeness (QED) is 0.348. The number of amides is 4. The average Bonchev–Trinajstić information content (AvgIpc) is 3.17. The molecule has 0 saturated heterocycles. The summed E-state index contributed by atoms with van der Waals surface area (Å²) in [6.07, 6.45) is 5.10. The molecule has 7 nitrogen and oxygen atoms in total. The molecule has 0 fully saturated rings. The van der Waals surface area contributed by atoms with Gasteiger partial charge >= 0.3 is 0 Å². The molecule has 0 unspecified atom stereocenters. The molecule has 2 aromatic carbocycles. The molecule has 4 amide bonds. The number of unbranched alkanes of at least 4 members (excludes halogenated alkanes) is 2. The monoisotopic (exact) mass is 469 g/mol. The summed E-state index contributed by atoms with van der Waals surface area (Å²) in [7, 11) is 0. The van der Waals surface area contributed by atoms with Crippen LogP contribution in [-0.2, 0) is 25.7 Å². The second kappa shape index (κ2) is 11.3. The molecule has 2 aliphatic heterocycles. The minimum absolute atomic E-state index is 0.0789. The normalized spacial score (nSPS) is 13.9. The van der Waals surface area contributed by atoms with Crippen molar-refractivity contribution < 1.29 is 19.2 Å². The van der Waals surface area contributed by atoms with E-state index in [1.54, 1.807) is 4.90 Å². The molecule has 0 radical (unpaired) electrons. The number of nitrogens with zero attached hydrogens (tertiary/aromatic N) is 2. The van der Waals surface area contributed by atoms with Crippen LogP contribution in [0.4, 0.5) is 5.69 Å². The molecule has 178 valence electrons. The molecular formula is C28H27N3O4. The van der Waals surface area contributed by atoms with Gasteiger partial charge in [-0.1, -0.05) is 48.6 Å². The number of benzene rings is 2. The summed E-state index contributed by atoms with van der Waals surface area (Å²) in [6.45, 7) is 1.05. The van der Waals surface area contributed by atoms with E-state index in [0.29, 0.717) is 32.4 Å². The van der Waals surface area contributed by atoms with E-state index in [9.17, 15) is 19.2 Å².